The fourth-order valence-electron chi connectivity index (χ4n) is 3.84. The lowest BCUT2D eigenvalue weighted by atomic mass is 10.1. The lowest BCUT2D eigenvalue weighted by molar-refractivity contribution is -0.122. The zero-order chi connectivity index (χ0) is 22.1. The highest BCUT2D eigenvalue weighted by molar-refractivity contribution is 6.39. The van der Waals surface area contributed by atoms with Crippen molar-refractivity contribution >= 4 is 29.6 Å². The number of hydrogen-bond acceptors (Lipinski definition) is 3. The van der Waals surface area contributed by atoms with Crippen LogP contribution in [-0.2, 0) is 16.0 Å². The lowest BCUT2D eigenvalue weighted by Gasteiger charge is -2.26. The summed E-state index contributed by atoms with van der Waals surface area (Å²) in [5.41, 5.74) is 5.05. The second kappa shape index (κ2) is 8.07. The van der Waals surface area contributed by atoms with E-state index in [0.29, 0.717) is 5.69 Å². The third-order valence-electron chi connectivity index (χ3n) is 5.49. The minimum atomic E-state index is -0.744. The Kier molecular flexibility index (Phi) is 5.29. The number of nitrogens with one attached hydrogen (secondary N) is 1. The van der Waals surface area contributed by atoms with Crippen LogP contribution >= 0.6 is 0 Å². The molecule has 1 N–H and O–H groups in total. The first-order valence-corrected chi connectivity index (χ1v) is 10.2. The van der Waals surface area contributed by atoms with Gasteiger partial charge in [-0.15, -0.1) is 0 Å². The predicted octanol–water partition coefficient (Wildman–Crippen LogP) is 4.32. The van der Waals surface area contributed by atoms with E-state index in [0.717, 1.165) is 39.5 Å². The van der Waals surface area contributed by atoms with E-state index in [-0.39, 0.29) is 5.57 Å². The molecule has 156 valence electrons. The quantitative estimate of drug-likeness (QED) is 0.511. The van der Waals surface area contributed by atoms with Crippen molar-refractivity contribution < 1.29 is 14.4 Å². The molecule has 0 bridgehead atoms. The summed E-state index contributed by atoms with van der Waals surface area (Å²) in [4.78, 5) is 39.1. The molecule has 0 unspecified atom stereocenters. The van der Waals surface area contributed by atoms with Crippen molar-refractivity contribution in [3.8, 4) is 5.69 Å². The van der Waals surface area contributed by atoms with Gasteiger partial charge in [-0.1, -0.05) is 37.3 Å². The maximum atomic E-state index is 13.1. The minimum absolute atomic E-state index is 0.0764. The average Bonchev–Trinajstić information content (AvgIpc) is 3.05. The summed E-state index contributed by atoms with van der Waals surface area (Å²) in [6, 6.07) is 18.2. The van der Waals surface area contributed by atoms with Crippen LogP contribution in [-0.4, -0.2) is 22.4 Å². The van der Waals surface area contributed by atoms with Crippen LogP contribution in [0.25, 0.3) is 11.8 Å². The van der Waals surface area contributed by atoms with Crippen LogP contribution in [0.5, 0.6) is 0 Å². The molecule has 31 heavy (non-hydrogen) atoms. The molecule has 4 rings (SSSR count). The topological polar surface area (TPSA) is 71.4 Å². The van der Waals surface area contributed by atoms with Crippen LogP contribution in [0.4, 0.5) is 10.5 Å². The van der Waals surface area contributed by atoms with Crippen LogP contribution in [0.1, 0.15) is 29.4 Å². The molecule has 1 saturated heterocycles. The van der Waals surface area contributed by atoms with Crippen molar-refractivity contribution in [3.63, 3.8) is 0 Å². The molecule has 0 saturated carbocycles. The molecule has 0 radical (unpaired) electrons. The first kappa shape index (κ1) is 20.3. The zero-order valence-corrected chi connectivity index (χ0v) is 17.7. The number of anilines is 1. The number of aromatic nitrogens is 1. The van der Waals surface area contributed by atoms with Gasteiger partial charge in [-0.05, 0) is 67.8 Å². The highest BCUT2D eigenvalue weighted by Gasteiger charge is 2.37. The lowest BCUT2D eigenvalue weighted by Crippen LogP contribution is -2.54. The smallest absolute Gasteiger partial charge is 0.318 e. The molecule has 3 aromatic rings. The minimum Gasteiger partial charge on any atom is -0.318 e. The van der Waals surface area contributed by atoms with E-state index in [1.807, 2.05) is 69.3 Å². The molecule has 1 aromatic heterocycles. The molecule has 0 aliphatic carbocycles. The SMILES string of the molecule is CCc1ccc(N2C(=O)NC(=O)C(=Cc3cc(C)n(-c4ccccc4)c3C)C2=O)cc1. The van der Waals surface area contributed by atoms with Crippen molar-refractivity contribution in [1.29, 1.82) is 0 Å². The number of nitrogens with zero attached hydrogens (tertiary/aromatic N) is 2. The number of barbiturate groups is 1. The molecule has 2 aromatic carbocycles. The molecule has 4 amide bonds. The number of rotatable bonds is 4. The summed E-state index contributed by atoms with van der Waals surface area (Å²) in [6.07, 6.45) is 2.40. The molecular weight excluding hydrogens is 390 g/mol. The number of para-hydroxylation sites is 1. The summed E-state index contributed by atoms with van der Waals surface area (Å²) in [6.45, 7) is 5.93. The van der Waals surface area contributed by atoms with Crippen LogP contribution in [0.2, 0.25) is 0 Å². The van der Waals surface area contributed by atoms with Gasteiger partial charge in [0.25, 0.3) is 11.8 Å². The number of imide groups is 2. The van der Waals surface area contributed by atoms with Crippen molar-refractivity contribution in [2.45, 2.75) is 27.2 Å². The van der Waals surface area contributed by atoms with E-state index < -0.39 is 17.8 Å². The fraction of sp³-hybridized carbons (Fsp3) is 0.160. The monoisotopic (exact) mass is 413 g/mol. The summed E-state index contributed by atoms with van der Waals surface area (Å²) < 4.78 is 2.06. The first-order valence-electron chi connectivity index (χ1n) is 10.2. The third-order valence-corrected chi connectivity index (χ3v) is 5.49. The Labute approximate surface area is 180 Å². The van der Waals surface area contributed by atoms with E-state index in [4.69, 9.17) is 0 Å². The van der Waals surface area contributed by atoms with E-state index in [1.54, 1.807) is 18.2 Å². The average molecular weight is 413 g/mol. The van der Waals surface area contributed by atoms with Crippen molar-refractivity contribution in [2.24, 2.45) is 0 Å². The maximum absolute atomic E-state index is 13.1. The molecule has 1 aliphatic heterocycles. The van der Waals surface area contributed by atoms with E-state index in [1.165, 1.54) is 0 Å². The zero-order valence-electron chi connectivity index (χ0n) is 17.7. The Morgan fingerprint density at radius 3 is 2.23 bits per heavy atom. The van der Waals surface area contributed by atoms with Gasteiger partial charge in [-0.25, -0.2) is 9.69 Å². The van der Waals surface area contributed by atoms with Crippen LogP contribution in [0.3, 0.4) is 0 Å². The van der Waals surface area contributed by atoms with Gasteiger partial charge >= 0.3 is 6.03 Å². The first-order chi connectivity index (χ1) is 14.9. The second-order valence-electron chi connectivity index (χ2n) is 7.48. The summed E-state index contributed by atoms with van der Waals surface area (Å²) in [5.74, 6) is -1.33. The molecule has 2 heterocycles. The summed E-state index contributed by atoms with van der Waals surface area (Å²) in [5, 5.41) is 2.28. The maximum Gasteiger partial charge on any atom is 0.335 e. The number of urea groups is 1. The Balaban J connectivity index is 1.74. The number of carbonyl (C=O) groups excluding carboxylic acids is 3. The highest BCUT2D eigenvalue weighted by Crippen LogP contribution is 2.26. The number of benzene rings is 2. The van der Waals surface area contributed by atoms with Gasteiger partial charge in [0.2, 0.25) is 0 Å². The molecule has 0 spiro atoms. The van der Waals surface area contributed by atoms with Gasteiger partial charge in [0.15, 0.2) is 0 Å². The van der Waals surface area contributed by atoms with Gasteiger partial charge < -0.3 is 4.57 Å². The standard InChI is InChI=1S/C25H23N3O3/c1-4-18-10-12-21(13-11-18)28-24(30)22(23(29)26-25(28)31)15-19-14-16(2)27(17(19)3)20-8-6-5-7-9-20/h5-15H,4H2,1-3H3,(H,26,29,31). The Hall–Kier alpha value is -3.93. The molecule has 1 aliphatic rings. The normalized spacial score (nSPS) is 15.5. The van der Waals surface area contributed by atoms with Crippen LogP contribution in [0, 0.1) is 13.8 Å². The van der Waals surface area contributed by atoms with Gasteiger partial charge in [0.1, 0.15) is 5.57 Å². The second-order valence-corrected chi connectivity index (χ2v) is 7.48. The Bertz CT molecular complexity index is 1200. The van der Waals surface area contributed by atoms with Gasteiger partial charge in [-0.3, -0.25) is 14.9 Å². The van der Waals surface area contributed by atoms with Crippen molar-refractivity contribution in [2.75, 3.05) is 4.90 Å². The van der Waals surface area contributed by atoms with Crippen molar-refractivity contribution in [3.05, 3.63) is 88.8 Å². The third kappa shape index (κ3) is 3.68. The van der Waals surface area contributed by atoms with Gasteiger partial charge in [-0.2, -0.15) is 0 Å². The van der Waals surface area contributed by atoms with Crippen LogP contribution in [0.15, 0.2) is 66.2 Å². The summed E-state index contributed by atoms with van der Waals surface area (Å²) in [7, 11) is 0. The molecule has 0 atom stereocenters. The van der Waals surface area contributed by atoms with E-state index in [2.05, 4.69) is 9.88 Å². The summed E-state index contributed by atoms with van der Waals surface area (Å²) >= 11 is 0. The largest absolute Gasteiger partial charge is 0.335 e. The highest BCUT2D eigenvalue weighted by atomic mass is 16.2. The number of aryl methyl sites for hydroxylation is 2. The molecule has 6 heteroatoms. The number of hydrogen-bond donors (Lipinski definition) is 1. The predicted molar refractivity (Wildman–Crippen MR) is 120 cm³/mol. The Morgan fingerprint density at radius 2 is 1.58 bits per heavy atom. The Morgan fingerprint density at radius 1 is 0.903 bits per heavy atom. The van der Waals surface area contributed by atoms with E-state index in [9.17, 15) is 14.4 Å². The fourth-order valence-corrected chi connectivity index (χ4v) is 3.84. The van der Waals surface area contributed by atoms with Crippen LogP contribution < -0.4 is 10.2 Å². The van der Waals surface area contributed by atoms with Crippen molar-refractivity contribution in [1.82, 2.24) is 9.88 Å². The molecule has 1 fully saturated rings. The van der Waals surface area contributed by atoms with Gasteiger partial charge in [0, 0.05) is 17.1 Å². The number of carbonyl (C=O) groups is 3. The van der Waals surface area contributed by atoms with Gasteiger partial charge in [0.05, 0.1) is 5.69 Å². The molecular formula is C25H23N3O3. The van der Waals surface area contributed by atoms with E-state index >= 15 is 0 Å². The molecule has 6 nitrogen and oxygen atoms in total. The number of amides is 4.